The predicted octanol–water partition coefficient (Wildman–Crippen LogP) is 4.22. The van der Waals surface area contributed by atoms with Crippen molar-refractivity contribution in [2.24, 2.45) is 0 Å². The maximum Gasteiger partial charge on any atom is 0.244 e. The number of anilines is 1. The number of hydrogen-bond acceptors (Lipinski definition) is 3. The van der Waals surface area contributed by atoms with Crippen LogP contribution in [0.1, 0.15) is 43.4 Å². The van der Waals surface area contributed by atoms with Crippen molar-refractivity contribution in [3.8, 4) is 0 Å². The fourth-order valence-corrected chi connectivity index (χ4v) is 5.23. The number of carbonyl (C=O) groups excluding carboxylic acids is 1. The van der Waals surface area contributed by atoms with E-state index in [4.69, 9.17) is 11.6 Å². The summed E-state index contributed by atoms with van der Waals surface area (Å²) in [5.41, 5.74) is 2.42. The molecule has 29 heavy (non-hydrogen) atoms. The van der Waals surface area contributed by atoms with E-state index in [9.17, 15) is 17.6 Å². The number of fused-ring (bicyclic) bond motifs is 1. The summed E-state index contributed by atoms with van der Waals surface area (Å²) in [6, 6.07) is 10.4. The number of halogens is 2. The Bertz CT molecular complexity index is 1010. The Hall–Kier alpha value is -2.12. The minimum Gasteiger partial charge on any atom is -0.347 e. The van der Waals surface area contributed by atoms with Crippen LogP contribution < -0.4 is 9.62 Å². The van der Waals surface area contributed by atoms with Gasteiger partial charge in [0, 0.05) is 0 Å². The molecule has 1 amide bonds. The zero-order valence-electron chi connectivity index (χ0n) is 16.4. The molecule has 8 heteroatoms. The number of rotatable bonds is 6. The molecule has 2 aromatic rings. The first-order valence-corrected chi connectivity index (χ1v) is 11.8. The number of hydrogen-bond donors (Lipinski definition) is 1. The lowest BCUT2D eigenvalue weighted by molar-refractivity contribution is -0.123. The SMILES string of the molecule is CC[C@@H](C(=O)N[C@@H]1CCCc2ccccc21)N(c1ccc(F)c(Cl)c1)S(C)(=O)=O. The smallest absolute Gasteiger partial charge is 0.244 e. The molecular weight excluding hydrogens is 415 g/mol. The molecule has 1 aliphatic carbocycles. The van der Waals surface area contributed by atoms with Crippen LogP contribution in [0, 0.1) is 5.82 Å². The summed E-state index contributed by atoms with van der Waals surface area (Å²) in [4.78, 5) is 13.1. The molecule has 1 N–H and O–H groups in total. The highest BCUT2D eigenvalue weighted by Gasteiger charge is 2.33. The first-order valence-electron chi connectivity index (χ1n) is 9.55. The fourth-order valence-electron chi connectivity index (χ4n) is 3.85. The second kappa shape index (κ2) is 8.71. The third-order valence-electron chi connectivity index (χ3n) is 5.17. The molecule has 0 aliphatic heterocycles. The summed E-state index contributed by atoms with van der Waals surface area (Å²) in [5, 5.41) is 2.82. The molecule has 0 saturated carbocycles. The molecule has 3 rings (SSSR count). The summed E-state index contributed by atoms with van der Waals surface area (Å²) >= 11 is 5.85. The van der Waals surface area contributed by atoms with Gasteiger partial charge in [-0.25, -0.2) is 12.8 Å². The Kier molecular flexibility index (Phi) is 6.49. The van der Waals surface area contributed by atoms with Gasteiger partial charge in [0.15, 0.2) is 0 Å². The minimum atomic E-state index is -3.81. The number of nitrogens with one attached hydrogen (secondary N) is 1. The van der Waals surface area contributed by atoms with E-state index in [0.717, 1.165) is 41.5 Å². The first kappa shape index (κ1) is 21.6. The average molecular weight is 439 g/mol. The molecule has 156 valence electrons. The monoisotopic (exact) mass is 438 g/mol. The van der Waals surface area contributed by atoms with Crippen LogP contribution in [0.25, 0.3) is 0 Å². The van der Waals surface area contributed by atoms with E-state index < -0.39 is 21.9 Å². The van der Waals surface area contributed by atoms with Crippen LogP contribution in [0.5, 0.6) is 0 Å². The molecule has 1 aliphatic rings. The molecule has 0 fully saturated rings. The average Bonchev–Trinajstić information content (AvgIpc) is 2.67. The number of nitrogens with zero attached hydrogens (tertiary/aromatic N) is 1. The number of sulfonamides is 1. The molecule has 0 heterocycles. The Morgan fingerprint density at radius 3 is 2.69 bits per heavy atom. The van der Waals surface area contributed by atoms with E-state index in [1.54, 1.807) is 6.92 Å². The highest BCUT2D eigenvalue weighted by Crippen LogP contribution is 2.31. The lowest BCUT2D eigenvalue weighted by Gasteiger charge is -2.33. The molecule has 0 spiro atoms. The molecule has 0 unspecified atom stereocenters. The summed E-state index contributed by atoms with van der Waals surface area (Å²) in [5.74, 6) is -1.04. The van der Waals surface area contributed by atoms with Crippen LogP contribution in [0.4, 0.5) is 10.1 Å². The lowest BCUT2D eigenvalue weighted by Crippen LogP contribution is -2.50. The normalized spacial score (nSPS) is 17.3. The van der Waals surface area contributed by atoms with Crippen molar-refractivity contribution in [2.75, 3.05) is 10.6 Å². The summed E-state index contributed by atoms with van der Waals surface area (Å²) < 4.78 is 39.7. The Labute approximate surface area is 175 Å². The van der Waals surface area contributed by atoms with E-state index in [-0.39, 0.29) is 29.1 Å². The van der Waals surface area contributed by atoms with Crippen LogP contribution in [0.3, 0.4) is 0 Å². The largest absolute Gasteiger partial charge is 0.347 e. The van der Waals surface area contributed by atoms with Gasteiger partial charge in [-0.2, -0.15) is 0 Å². The van der Waals surface area contributed by atoms with Crippen LogP contribution >= 0.6 is 11.6 Å². The molecular formula is C21H24ClFN2O3S. The van der Waals surface area contributed by atoms with Crippen molar-refractivity contribution in [2.45, 2.75) is 44.7 Å². The van der Waals surface area contributed by atoms with Crippen LogP contribution in [0.15, 0.2) is 42.5 Å². The number of benzene rings is 2. The highest BCUT2D eigenvalue weighted by molar-refractivity contribution is 7.92. The second-order valence-corrected chi connectivity index (χ2v) is 9.50. The van der Waals surface area contributed by atoms with E-state index in [1.165, 1.54) is 17.7 Å². The van der Waals surface area contributed by atoms with E-state index in [0.29, 0.717) is 0 Å². The quantitative estimate of drug-likeness (QED) is 0.734. The van der Waals surface area contributed by atoms with E-state index >= 15 is 0 Å². The Balaban J connectivity index is 1.91. The number of carbonyl (C=O) groups is 1. The number of aryl methyl sites for hydroxylation is 1. The Morgan fingerprint density at radius 2 is 2.03 bits per heavy atom. The zero-order valence-corrected chi connectivity index (χ0v) is 17.9. The van der Waals surface area contributed by atoms with Crippen LogP contribution in [-0.2, 0) is 21.2 Å². The maximum atomic E-state index is 13.6. The van der Waals surface area contributed by atoms with Gasteiger partial charge >= 0.3 is 0 Å². The third kappa shape index (κ3) is 4.73. The third-order valence-corrected chi connectivity index (χ3v) is 6.64. The lowest BCUT2D eigenvalue weighted by atomic mass is 9.87. The molecule has 0 bridgehead atoms. The van der Waals surface area contributed by atoms with Crippen molar-refractivity contribution >= 4 is 33.2 Å². The van der Waals surface area contributed by atoms with Crippen LogP contribution in [0.2, 0.25) is 5.02 Å². The van der Waals surface area contributed by atoms with Gasteiger partial charge in [-0.05, 0) is 55.0 Å². The topological polar surface area (TPSA) is 66.5 Å². The molecule has 2 aromatic carbocycles. The summed E-state index contributed by atoms with van der Waals surface area (Å²) in [7, 11) is -3.81. The molecule has 2 atom stereocenters. The Morgan fingerprint density at radius 1 is 1.31 bits per heavy atom. The fraction of sp³-hybridized carbons (Fsp3) is 0.381. The van der Waals surface area contributed by atoms with Crippen LogP contribution in [-0.4, -0.2) is 26.6 Å². The van der Waals surface area contributed by atoms with Crippen molar-refractivity contribution < 1.29 is 17.6 Å². The highest BCUT2D eigenvalue weighted by atomic mass is 35.5. The predicted molar refractivity (Wildman–Crippen MR) is 113 cm³/mol. The molecule has 5 nitrogen and oxygen atoms in total. The molecule has 0 aromatic heterocycles. The van der Waals surface area contributed by atoms with Gasteiger partial charge in [0.25, 0.3) is 0 Å². The second-order valence-electron chi connectivity index (χ2n) is 7.23. The summed E-state index contributed by atoms with van der Waals surface area (Å²) in [6.07, 6.45) is 3.98. The van der Waals surface area contributed by atoms with Crippen molar-refractivity contribution in [1.82, 2.24) is 5.32 Å². The summed E-state index contributed by atoms with van der Waals surface area (Å²) in [6.45, 7) is 1.74. The maximum absolute atomic E-state index is 13.6. The van der Waals surface area contributed by atoms with Gasteiger partial charge in [0.1, 0.15) is 11.9 Å². The van der Waals surface area contributed by atoms with Crippen molar-refractivity contribution in [3.05, 3.63) is 64.4 Å². The first-order chi connectivity index (χ1) is 13.7. The zero-order chi connectivity index (χ0) is 21.2. The van der Waals surface area contributed by atoms with Crippen molar-refractivity contribution in [1.29, 1.82) is 0 Å². The molecule has 0 saturated heterocycles. The van der Waals surface area contributed by atoms with Gasteiger partial charge in [-0.1, -0.05) is 42.8 Å². The van der Waals surface area contributed by atoms with Gasteiger partial charge in [0.2, 0.25) is 15.9 Å². The molecule has 0 radical (unpaired) electrons. The van der Waals surface area contributed by atoms with Gasteiger partial charge in [-0.3, -0.25) is 9.10 Å². The van der Waals surface area contributed by atoms with E-state index in [2.05, 4.69) is 5.32 Å². The van der Waals surface area contributed by atoms with E-state index in [1.807, 2.05) is 24.3 Å². The van der Waals surface area contributed by atoms with Gasteiger partial charge in [-0.15, -0.1) is 0 Å². The standard InChI is InChI=1S/C21H24ClFN2O3S/c1-3-20(25(29(2,27)28)15-11-12-18(23)17(22)13-15)21(26)24-19-10-6-8-14-7-4-5-9-16(14)19/h4-5,7,9,11-13,19-20H,3,6,8,10H2,1-2H3,(H,24,26)/t19-,20+/m1/s1. The van der Waals surface area contributed by atoms with Gasteiger partial charge in [0.05, 0.1) is 23.0 Å². The van der Waals surface area contributed by atoms with Gasteiger partial charge < -0.3 is 5.32 Å². The minimum absolute atomic E-state index is 0.157. The van der Waals surface area contributed by atoms with Crippen molar-refractivity contribution in [3.63, 3.8) is 0 Å². The number of amides is 1.